The van der Waals surface area contributed by atoms with Gasteiger partial charge in [0.05, 0.1) is 0 Å². The van der Waals surface area contributed by atoms with E-state index in [4.69, 9.17) is 9.40 Å². The Morgan fingerprint density at radius 1 is 0.860 bits per heavy atom. The molecule has 3 aliphatic rings. The molecule has 4 heterocycles. The highest BCUT2D eigenvalue weighted by Crippen LogP contribution is 2.52. The van der Waals surface area contributed by atoms with Crippen LogP contribution in [0.15, 0.2) is 131 Å². The summed E-state index contributed by atoms with van der Waals surface area (Å²) in [7, 11) is 0. The normalized spacial score (nSPS) is 17.3. The number of benzene rings is 3. The molecule has 0 fully saturated rings. The second kappa shape index (κ2) is 8.95. The summed E-state index contributed by atoms with van der Waals surface area (Å²) in [5.41, 5.74) is 16.8. The highest BCUT2D eigenvalue weighted by molar-refractivity contribution is 6.03. The first-order chi connectivity index (χ1) is 21.0. The third-order valence-electron chi connectivity index (χ3n) is 9.62. The summed E-state index contributed by atoms with van der Waals surface area (Å²) in [6, 6.07) is 28.3. The van der Waals surface area contributed by atoms with Crippen molar-refractivity contribution in [2.24, 2.45) is 0 Å². The minimum absolute atomic E-state index is 0.0269. The Morgan fingerprint density at radius 3 is 2.49 bits per heavy atom. The molecule has 3 aromatic carbocycles. The number of fused-ring (bicyclic) bond motifs is 7. The lowest BCUT2D eigenvalue weighted by Gasteiger charge is -2.26. The van der Waals surface area contributed by atoms with Gasteiger partial charge in [0.15, 0.2) is 0 Å². The quantitative estimate of drug-likeness (QED) is 0.236. The maximum absolute atomic E-state index is 6.18. The molecular weight excluding hydrogens is 526 g/mol. The van der Waals surface area contributed by atoms with Crippen molar-refractivity contribution in [3.8, 4) is 22.3 Å². The molecule has 3 aromatic heterocycles. The minimum atomic E-state index is -0.0269. The van der Waals surface area contributed by atoms with Gasteiger partial charge < -0.3 is 9.73 Å². The van der Waals surface area contributed by atoms with Crippen LogP contribution in [0.3, 0.4) is 0 Å². The summed E-state index contributed by atoms with van der Waals surface area (Å²) in [6.07, 6.45) is 13.4. The fraction of sp³-hybridized carbons (Fsp3) is 0.154. The Morgan fingerprint density at radius 2 is 1.65 bits per heavy atom. The topological polar surface area (TPSA) is 42.5 Å². The zero-order valence-electron chi connectivity index (χ0n) is 24.3. The SMILES string of the molecule is CC1(C)C2=C(CCC(C3=CNCC=C3)=C2)c2ccc(-c3ccc(-c4ccc5nc6c7ccccc7oc6n5c4)cc3)cc21. The number of hydrogen-bond donors (Lipinski definition) is 1. The summed E-state index contributed by atoms with van der Waals surface area (Å²) in [5.74, 6) is 0. The molecule has 0 spiro atoms. The molecule has 0 radical (unpaired) electrons. The number of aromatic nitrogens is 2. The molecule has 0 atom stereocenters. The van der Waals surface area contributed by atoms with E-state index in [2.05, 4.69) is 115 Å². The van der Waals surface area contributed by atoms with Gasteiger partial charge in [-0.3, -0.25) is 4.40 Å². The Kier molecular flexibility index (Phi) is 5.10. The van der Waals surface area contributed by atoms with Crippen molar-refractivity contribution in [1.29, 1.82) is 0 Å². The molecular formula is C39H31N3O. The van der Waals surface area contributed by atoms with E-state index in [0.717, 1.165) is 52.8 Å². The van der Waals surface area contributed by atoms with Crippen LogP contribution >= 0.6 is 0 Å². The van der Waals surface area contributed by atoms with Crippen LogP contribution in [0.2, 0.25) is 0 Å². The third-order valence-corrected chi connectivity index (χ3v) is 9.62. The van der Waals surface area contributed by atoms with Gasteiger partial charge in [0.2, 0.25) is 5.71 Å². The second-order valence-corrected chi connectivity index (χ2v) is 12.4. The summed E-state index contributed by atoms with van der Waals surface area (Å²) in [4.78, 5) is 4.84. The molecule has 0 saturated heterocycles. The van der Waals surface area contributed by atoms with E-state index in [0.29, 0.717) is 0 Å². The van der Waals surface area contributed by atoms with E-state index in [9.17, 15) is 0 Å². The third kappa shape index (κ3) is 3.66. The van der Waals surface area contributed by atoms with Gasteiger partial charge in [-0.2, -0.15) is 0 Å². The Hall–Kier alpha value is -5.09. The standard InChI is InChI=1S/C39H31N3O/c1-39(2)33-20-26(13-16-30(33)31-17-14-27(21-34(31)39)28-6-5-19-40-22-28)24-9-11-25(12-10-24)29-15-18-36-41-37-32-7-3-4-8-35(32)43-38(37)42(36)23-29/h3-13,15-16,18,20-23,40H,14,17,19H2,1-2H3. The first-order valence-electron chi connectivity index (χ1n) is 15.1. The number of para-hydroxylation sites is 1. The van der Waals surface area contributed by atoms with E-state index in [1.165, 1.54) is 50.1 Å². The first kappa shape index (κ1) is 24.5. The average Bonchev–Trinajstić information content (AvgIpc) is 3.67. The summed E-state index contributed by atoms with van der Waals surface area (Å²) < 4.78 is 8.25. The molecule has 1 aliphatic heterocycles. The Bertz CT molecular complexity index is 2250. The lowest BCUT2D eigenvalue weighted by Crippen LogP contribution is -2.18. The highest BCUT2D eigenvalue weighted by atomic mass is 16.3. The van der Waals surface area contributed by atoms with Crippen LogP contribution in [-0.2, 0) is 5.41 Å². The zero-order valence-corrected chi connectivity index (χ0v) is 24.3. The number of furan rings is 1. The van der Waals surface area contributed by atoms with Crippen molar-refractivity contribution in [3.05, 3.63) is 137 Å². The van der Waals surface area contributed by atoms with E-state index >= 15 is 0 Å². The number of imidazole rings is 1. The van der Waals surface area contributed by atoms with E-state index < -0.39 is 0 Å². The molecule has 6 aromatic rings. The predicted octanol–water partition coefficient (Wildman–Crippen LogP) is 9.38. The fourth-order valence-corrected chi connectivity index (χ4v) is 7.29. The van der Waals surface area contributed by atoms with Crippen LogP contribution in [0.4, 0.5) is 0 Å². The van der Waals surface area contributed by atoms with Crippen molar-refractivity contribution in [3.63, 3.8) is 0 Å². The zero-order chi connectivity index (χ0) is 28.7. The minimum Gasteiger partial charge on any atom is -0.437 e. The monoisotopic (exact) mass is 557 g/mol. The lowest BCUT2D eigenvalue weighted by molar-refractivity contribution is 0.649. The van der Waals surface area contributed by atoms with Gasteiger partial charge in [0.25, 0.3) is 0 Å². The van der Waals surface area contributed by atoms with Gasteiger partial charge >= 0.3 is 0 Å². The number of hydrogen-bond acceptors (Lipinski definition) is 3. The molecule has 0 saturated carbocycles. The second-order valence-electron chi connectivity index (χ2n) is 12.4. The van der Waals surface area contributed by atoms with Gasteiger partial charge in [-0.1, -0.05) is 80.6 Å². The van der Waals surface area contributed by atoms with E-state index in [-0.39, 0.29) is 5.41 Å². The molecule has 208 valence electrons. The van der Waals surface area contributed by atoms with Gasteiger partial charge in [-0.05, 0) is 98.8 Å². The average molecular weight is 558 g/mol. The first-order valence-corrected chi connectivity index (χ1v) is 15.1. The molecule has 9 rings (SSSR count). The number of nitrogens with one attached hydrogen (secondary N) is 1. The summed E-state index contributed by atoms with van der Waals surface area (Å²) >= 11 is 0. The van der Waals surface area contributed by atoms with Crippen LogP contribution < -0.4 is 5.32 Å². The van der Waals surface area contributed by atoms with Crippen molar-refractivity contribution >= 4 is 33.4 Å². The molecule has 4 nitrogen and oxygen atoms in total. The predicted molar refractivity (Wildman–Crippen MR) is 176 cm³/mol. The van der Waals surface area contributed by atoms with Gasteiger partial charge in [0, 0.05) is 29.7 Å². The Balaban J connectivity index is 1.04. The molecule has 0 unspecified atom stereocenters. The maximum atomic E-state index is 6.18. The van der Waals surface area contributed by atoms with Crippen LogP contribution in [0, 0.1) is 0 Å². The summed E-state index contributed by atoms with van der Waals surface area (Å²) in [5, 5.41) is 4.42. The highest BCUT2D eigenvalue weighted by Gasteiger charge is 2.38. The van der Waals surface area contributed by atoms with Crippen molar-refractivity contribution in [2.75, 3.05) is 6.54 Å². The van der Waals surface area contributed by atoms with E-state index in [1.54, 1.807) is 0 Å². The number of dihydropyridines is 1. The van der Waals surface area contributed by atoms with Gasteiger partial charge in [0.1, 0.15) is 16.7 Å². The maximum Gasteiger partial charge on any atom is 0.232 e. The van der Waals surface area contributed by atoms with Crippen LogP contribution in [-0.4, -0.2) is 15.9 Å². The lowest BCUT2D eigenvalue weighted by atomic mass is 9.77. The van der Waals surface area contributed by atoms with Crippen LogP contribution in [0.25, 0.3) is 55.7 Å². The Labute approximate surface area is 250 Å². The summed E-state index contributed by atoms with van der Waals surface area (Å²) in [6.45, 7) is 5.68. The number of nitrogens with zero attached hydrogens (tertiary/aromatic N) is 2. The van der Waals surface area contributed by atoms with Crippen LogP contribution in [0.5, 0.6) is 0 Å². The molecule has 43 heavy (non-hydrogen) atoms. The van der Waals surface area contributed by atoms with Crippen molar-refractivity contribution < 1.29 is 4.42 Å². The molecule has 0 bridgehead atoms. The number of pyridine rings is 1. The number of rotatable bonds is 3. The van der Waals surface area contributed by atoms with Gasteiger partial charge in [-0.25, -0.2) is 4.98 Å². The smallest absolute Gasteiger partial charge is 0.232 e. The number of allylic oxidation sites excluding steroid dienone is 6. The molecule has 4 heteroatoms. The molecule has 2 aliphatic carbocycles. The van der Waals surface area contributed by atoms with Crippen molar-refractivity contribution in [2.45, 2.75) is 32.1 Å². The van der Waals surface area contributed by atoms with Gasteiger partial charge in [-0.15, -0.1) is 0 Å². The fourth-order valence-electron chi connectivity index (χ4n) is 7.29. The van der Waals surface area contributed by atoms with Crippen LogP contribution in [0.1, 0.15) is 37.8 Å². The molecule has 1 N–H and O–H groups in total. The largest absolute Gasteiger partial charge is 0.437 e. The van der Waals surface area contributed by atoms with Crippen molar-refractivity contribution in [1.82, 2.24) is 14.7 Å². The molecule has 0 amide bonds. The van der Waals surface area contributed by atoms with E-state index in [1.807, 2.05) is 18.2 Å².